The third-order valence-electron chi connectivity index (χ3n) is 5.66. The van der Waals surface area contributed by atoms with Gasteiger partial charge in [-0.2, -0.15) is 0 Å². The van der Waals surface area contributed by atoms with Crippen molar-refractivity contribution < 1.29 is 33.4 Å². The number of carboxylic acid groups (broad SMARTS) is 1. The van der Waals surface area contributed by atoms with Gasteiger partial charge < -0.3 is 19.4 Å². The summed E-state index contributed by atoms with van der Waals surface area (Å²) in [5, 5.41) is 10.7. The highest BCUT2D eigenvalue weighted by atomic mass is 19.1. The van der Waals surface area contributed by atoms with Crippen molar-refractivity contribution >= 4 is 12.1 Å². The summed E-state index contributed by atoms with van der Waals surface area (Å²) in [7, 11) is 1.48. The Labute approximate surface area is 196 Å². The van der Waals surface area contributed by atoms with Crippen molar-refractivity contribution in [1.82, 2.24) is 5.06 Å². The number of benzene rings is 3. The molecule has 1 heterocycles. The summed E-state index contributed by atoms with van der Waals surface area (Å²) >= 11 is 0. The third kappa shape index (κ3) is 5.35. The van der Waals surface area contributed by atoms with Gasteiger partial charge in [0.05, 0.1) is 20.1 Å². The van der Waals surface area contributed by atoms with Crippen molar-refractivity contribution in [3.8, 4) is 16.9 Å². The molecule has 8 heteroatoms. The molecule has 0 amide bonds. The summed E-state index contributed by atoms with van der Waals surface area (Å²) in [6.45, 7) is 0.575. The van der Waals surface area contributed by atoms with Crippen LogP contribution >= 0.6 is 0 Å². The minimum atomic E-state index is -0.981. The second-order valence-electron chi connectivity index (χ2n) is 7.88. The van der Waals surface area contributed by atoms with E-state index in [4.69, 9.17) is 14.3 Å². The van der Waals surface area contributed by atoms with Gasteiger partial charge in [-0.15, -0.1) is 5.06 Å². The Hall–Kier alpha value is -3.91. The zero-order chi connectivity index (χ0) is 24.1. The first kappa shape index (κ1) is 23.3. The van der Waals surface area contributed by atoms with E-state index >= 15 is 0 Å². The van der Waals surface area contributed by atoms with Gasteiger partial charge in [0.1, 0.15) is 18.2 Å². The fraction of sp³-hybridized carbons (Fsp3) is 0.231. The van der Waals surface area contributed by atoms with E-state index in [-0.39, 0.29) is 25.4 Å². The van der Waals surface area contributed by atoms with Crippen LogP contribution in [0.5, 0.6) is 5.75 Å². The molecule has 0 radical (unpaired) electrons. The number of rotatable bonds is 7. The molecule has 7 nitrogen and oxygen atoms in total. The lowest BCUT2D eigenvalue weighted by Gasteiger charge is -2.29. The minimum absolute atomic E-state index is 0.0855. The number of hydrogen-bond acceptors (Lipinski definition) is 6. The van der Waals surface area contributed by atoms with E-state index in [2.05, 4.69) is 0 Å². The van der Waals surface area contributed by atoms with Crippen molar-refractivity contribution in [3.05, 3.63) is 88.7 Å². The molecule has 0 atom stereocenters. The normalized spacial score (nSPS) is 13.1. The van der Waals surface area contributed by atoms with E-state index in [0.29, 0.717) is 35.4 Å². The van der Waals surface area contributed by atoms with Crippen LogP contribution in [0.15, 0.2) is 60.7 Å². The number of methoxy groups -OCH3 is 1. The SMILES string of the molecule is COc1ccc(-c2ccc(F)c3c2CN(OC(=O)OCc2ccccc2)CC3)cc1CC(=O)O. The first-order valence-electron chi connectivity index (χ1n) is 10.8. The lowest BCUT2D eigenvalue weighted by Crippen LogP contribution is -2.34. The maximum atomic E-state index is 14.6. The highest BCUT2D eigenvalue weighted by molar-refractivity contribution is 5.75. The third-order valence-corrected chi connectivity index (χ3v) is 5.66. The lowest BCUT2D eigenvalue weighted by atomic mass is 9.90. The fourth-order valence-electron chi connectivity index (χ4n) is 4.05. The summed E-state index contributed by atoms with van der Waals surface area (Å²) < 4.78 is 25.1. The molecule has 0 spiro atoms. The zero-order valence-electron chi connectivity index (χ0n) is 18.6. The van der Waals surface area contributed by atoms with E-state index in [0.717, 1.165) is 16.7 Å². The van der Waals surface area contributed by atoms with Gasteiger partial charge >= 0.3 is 12.1 Å². The van der Waals surface area contributed by atoms with Crippen molar-refractivity contribution in [2.45, 2.75) is 26.0 Å². The number of fused-ring (bicyclic) bond motifs is 1. The van der Waals surface area contributed by atoms with Crippen molar-refractivity contribution in [1.29, 1.82) is 0 Å². The minimum Gasteiger partial charge on any atom is -0.496 e. The number of carbonyl (C=O) groups excluding carboxylic acids is 1. The average Bonchev–Trinajstić information content (AvgIpc) is 2.83. The highest BCUT2D eigenvalue weighted by Gasteiger charge is 2.26. The molecule has 0 aliphatic carbocycles. The van der Waals surface area contributed by atoms with E-state index < -0.39 is 12.1 Å². The van der Waals surface area contributed by atoms with Gasteiger partial charge in [0.2, 0.25) is 0 Å². The Bertz CT molecular complexity index is 1200. The molecule has 1 aliphatic heterocycles. The molecular formula is C26H24FNO6. The van der Waals surface area contributed by atoms with E-state index in [1.165, 1.54) is 18.2 Å². The zero-order valence-corrected chi connectivity index (χ0v) is 18.6. The molecule has 176 valence electrons. The number of carboxylic acids is 1. The smallest absolute Gasteiger partial charge is 0.496 e. The number of hydroxylamine groups is 2. The Morgan fingerprint density at radius 1 is 1.06 bits per heavy atom. The highest BCUT2D eigenvalue weighted by Crippen LogP contribution is 2.34. The molecule has 34 heavy (non-hydrogen) atoms. The largest absolute Gasteiger partial charge is 0.528 e. The number of nitrogens with zero attached hydrogens (tertiary/aromatic N) is 1. The van der Waals surface area contributed by atoms with Crippen molar-refractivity contribution in [3.63, 3.8) is 0 Å². The molecule has 4 rings (SSSR count). The van der Waals surface area contributed by atoms with Gasteiger partial charge in [-0.25, -0.2) is 9.18 Å². The number of ether oxygens (including phenoxy) is 2. The Kier molecular flexibility index (Phi) is 7.08. The summed E-state index contributed by atoms with van der Waals surface area (Å²) in [5.74, 6) is -0.845. The number of hydrogen-bond donors (Lipinski definition) is 1. The standard InChI is InChI=1S/C26H24FNO6/c1-32-24-10-7-18(13-19(24)14-25(29)30)20-8-9-23(27)21-11-12-28(15-22(20)21)34-26(31)33-16-17-5-3-2-4-6-17/h2-10,13H,11-12,14-16H2,1H3,(H,29,30). The van der Waals surface area contributed by atoms with E-state index in [1.54, 1.807) is 24.3 Å². The van der Waals surface area contributed by atoms with Crippen LogP contribution < -0.4 is 4.74 Å². The number of halogens is 1. The molecule has 3 aromatic rings. The van der Waals surface area contributed by atoms with Gasteiger partial charge in [0.25, 0.3) is 0 Å². The molecular weight excluding hydrogens is 441 g/mol. The summed E-state index contributed by atoms with van der Waals surface area (Å²) in [4.78, 5) is 28.9. The quantitative estimate of drug-likeness (QED) is 0.504. The van der Waals surface area contributed by atoms with Crippen LogP contribution in [0.2, 0.25) is 0 Å². The first-order chi connectivity index (χ1) is 16.4. The maximum Gasteiger partial charge on any atom is 0.528 e. The van der Waals surface area contributed by atoms with Crippen LogP contribution in [-0.4, -0.2) is 35.9 Å². The van der Waals surface area contributed by atoms with Gasteiger partial charge in [-0.1, -0.05) is 42.5 Å². The Morgan fingerprint density at radius 2 is 1.85 bits per heavy atom. The van der Waals surface area contributed by atoms with Crippen molar-refractivity contribution in [2.24, 2.45) is 0 Å². The number of aliphatic carboxylic acids is 1. The second kappa shape index (κ2) is 10.4. The molecule has 1 aliphatic rings. The second-order valence-corrected chi connectivity index (χ2v) is 7.88. The van der Waals surface area contributed by atoms with Crippen LogP contribution in [0.3, 0.4) is 0 Å². The predicted octanol–water partition coefficient (Wildman–Crippen LogP) is 4.75. The van der Waals surface area contributed by atoms with Crippen LogP contribution in [0, 0.1) is 5.82 Å². The average molecular weight is 465 g/mol. The van der Waals surface area contributed by atoms with Gasteiger partial charge in [0.15, 0.2) is 0 Å². The van der Waals surface area contributed by atoms with Gasteiger partial charge in [-0.3, -0.25) is 4.79 Å². The van der Waals surface area contributed by atoms with Gasteiger partial charge in [-0.05, 0) is 52.4 Å². The molecule has 0 saturated carbocycles. The van der Waals surface area contributed by atoms with Crippen LogP contribution in [0.25, 0.3) is 11.1 Å². The summed E-state index contributed by atoms with van der Waals surface area (Å²) in [5.41, 5.74) is 4.03. The van der Waals surface area contributed by atoms with Crippen molar-refractivity contribution in [2.75, 3.05) is 13.7 Å². The molecule has 3 aromatic carbocycles. The van der Waals surface area contributed by atoms with Crippen LogP contribution in [0.4, 0.5) is 9.18 Å². The summed E-state index contributed by atoms with van der Waals surface area (Å²) in [6, 6.07) is 17.5. The molecule has 0 bridgehead atoms. The van der Waals surface area contributed by atoms with Crippen LogP contribution in [-0.2, 0) is 40.4 Å². The lowest BCUT2D eigenvalue weighted by molar-refractivity contribution is -0.139. The predicted molar refractivity (Wildman–Crippen MR) is 122 cm³/mol. The monoisotopic (exact) mass is 465 g/mol. The van der Waals surface area contributed by atoms with Crippen LogP contribution in [0.1, 0.15) is 22.3 Å². The Balaban J connectivity index is 1.54. The van der Waals surface area contributed by atoms with E-state index in [9.17, 15) is 19.1 Å². The molecule has 0 aromatic heterocycles. The van der Waals surface area contributed by atoms with E-state index in [1.807, 2.05) is 30.3 Å². The van der Waals surface area contributed by atoms with Gasteiger partial charge in [0, 0.05) is 12.1 Å². The molecule has 0 fully saturated rings. The molecule has 0 saturated heterocycles. The maximum absolute atomic E-state index is 14.6. The summed E-state index contributed by atoms with van der Waals surface area (Å²) in [6.07, 6.45) is -0.694. The first-order valence-corrected chi connectivity index (χ1v) is 10.8. The number of carbonyl (C=O) groups is 2. The molecule has 0 unspecified atom stereocenters. The molecule has 1 N–H and O–H groups in total. The topological polar surface area (TPSA) is 85.3 Å². The fourth-order valence-corrected chi connectivity index (χ4v) is 4.05. The Morgan fingerprint density at radius 3 is 2.59 bits per heavy atom.